The molecule has 35 heavy (non-hydrogen) atoms. The Morgan fingerprint density at radius 3 is 2.51 bits per heavy atom. The number of imidazole rings is 1. The van der Waals surface area contributed by atoms with Crippen molar-refractivity contribution in [3.63, 3.8) is 0 Å². The lowest BCUT2D eigenvalue weighted by Crippen LogP contribution is -2.40. The van der Waals surface area contributed by atoms with Gasteiger partial charge >= 0.3 is 5.97 Å². The van der Waals surface area contributed by atoms with Crippen molar-refractivity contribution in [3.8, 4) is 0 Å². The normalized spacial score (nSPS) is 10.7. The molecule has 0 aliphatic rings. The first-order valence-corrected chi connectivity index (χ1v) is 11.9. The number of H-pyrrole nitrogens is 1. The summed E-state index contributed by atoms with van der Waals surface area (Å²) in [5.74, 6) is -0.0129. The standard InChI is InChI=1S/C26H33N5O4/c1-19(32)31(23-13-7-4-10-20(23)14-15-25(34)35-2)18-24(33)27-16-8-3-9-17-28-26-29-21-11-5-6-12-22(21)30-26/h4-7,10-13H,3,8-9,14-18H2,1-2H3,(H,27,33)(H2,28,29,30). The minimum Gasteiger partial charge on any atom is -0.469 e. The third kappa shape index (κ3) is 7.84. The molecule has 0 saturated heterocycles. The van der Waals surface area contributed by atoms with Gasteiger partial charge < -0.3 is 25.3 Å². The summed E-state index contributed by atoms with van der Waals surface area (Å²) < 4.78 is 4.71. The number of benzene rings is 2. The molecular formula is C26H33N5O4. The summed E-state index contributed by atoms with van der Waals surface area (Å²) in [6.07, 6.45) is 3.36. The highest BCUT2D eigenvalue weighted by Gasteiger charge is 2.19. The molecule has 3 N–H and O–H groups in total. The van der Waals surface area contributed by atoms with Crippen LogP contribution in [0.2, 0.25) is 0 Å². The van der Waals surface area contributed by atoms with Crippen molar-refractivity contribution in [2.45, 2.75) is 39.0 Å². The van der Waals surface area contributed by atoms with E-state index in [1.54, 1.807) is 6.07 Å². The van der Waals surface area contributed by atoms with E-state index in [0.29, 0.717) is 18.7 Å². The molecule has 9 nitrogen and oxygen atoms in total. The van der Waals surface area contributed by atoms with E-state index >= 15 is 0 Å². The molecule has 3 rings (SSSR count). The van der Waals surface area contributed by atoms with Gasteiger partial charge in [-0.1, -0.05) is 30.3 Å². The third-order valence-corrected chi connectivity index (χ3v) is 5.65. The molecule has 0 bridgehead atoms. The van der Waals surface area contributed by atoms with Crippen LogP contribution in [0.4, 0.5) is 11.6 Å². The van der Waals surface area contributed by atoms with Gasteiger partial charge in [-0.25, -0.2) is 4.98 Å². The van der Waals surface area contributed by atoms with E-state index in [2.05, 4.69) is 20.6 Å². The number of methoxy groups -OCH3 is 1. The maximum Gasteiger partial charge on any atom is 0.305 e. The van der Waals surface area contributed by atoms with E-state index in [4.69, 9.17) is 4.74 Å². The van der Waals surface area contributed by atoms with Crippen molar-refractivity contribution in [2.75, 3.05) is 37.0 Å². The molecule has 0 unspecified atom stereocenters. The second kappa shape index (κ2) is 13.1. The van der Waals surface area contributed by atoms with E-state index in [-0.39, 0.29) is 30.7 Å². The van der Waals surface area contributed by atoms with Gasteiger partial charge in [-0.2, -0.15) is 0 Å². The van der Waals surface area contributed by atoms with Crippen molar-refractivity contribution < 1.29 is 19.1 Å². The number of rotatable bonds is 13. The van der Waals surface area contributed by atoms with Crippen LogP contribution in [-0.2, 0) is 25.5 Å². The number of aromatic amines is 1. The Bertz CT molecular complexity index is 1110. The molecule has 2 amide bonds. The lowest BCUT2D eigenvalue weighted by Gasteiger charge is -2.23. The van der Waals surface area contributed by atoms with Crippen molar-refractivity contribution >= 4 is 40.5 Å². The van der Waals surface area contributed by atoms with Gasteiger partial charge in [0.25, 0.3) is 0 Å². The van der Waals surface area contributed by atoms with Gasteiger partial charge in [0.05, 0.1) is 18.1 Å². The number of nitrogens with zero attached hydrogens (tertiary/aromatic N) is 2. The van der Waals surface area contributed by atoms with Gasteiger partial charge in [0.1, 0.15) is 6.54 Å². The molecule has 0 spiro atoms. The predicted octanol–water partition coefficient (Wildman–Crippen LogP) is 3.42. The molecule has 0 radical (unpaired) electrons. The van der Waals surface area contributed by atoms with Crippen molar-refractivity contribution in [1.29, 1.82) is 0 Å². The second-order valence-electron chi connectivity index (χ2n) is 8.25. The number of ether oxygens (including phenoxy) is 1. The molecule has 0 atom stereocenters. The SMILES string of the molecule is COC(=O)CCc1ccccc1N(CC(=O)NCCCCCNc1nc2ccccc2[nH]1)C(C)=O. The number of hydrogen-bond acceptors (Lipinski definition) is 6. The predicted molar refractivity (Wildman–Crippen MR) is 136 cm³/mol. The van der Waals surface area contributed by atoms with Crippen LogP contribution in [-0.4, -0.2) is 54.5 Å². The molecule has 9 heteroatoms. The second-order valence-corrected chi connectivity index (χ2v) is 8.25. The van der Waals surface area contributed by atoms with Gasteiger partial charge in [-0.3, -0.25) is 14.4 Å². The number of aromatic nitrogens is 2. The summed E-state index contributed by atoms with van der Waals surface area (Å²) >= 11 is 0. The Kier molecular flexibility index (Phi) is 9.65. The minimum absolute atomic E-state index is 0.0713. The van der Waals surface area contributed by atoms with Crippen molar-refractivity contribution in [1.82, 2.24) is 15.3 Å². The first kappa shape index (κ1) is 25.7. The molecule has 186 valence electrons. The van der Waals surface area contributed by atoms with Gasteiger partial charge in [0, 0.05) is 32.1 Å². The van der Waals surface area contributed by atoms with Gasteiger partial charge in [-0.05, 0) is 49.4 Å². The highest BCUT2D eigenvalue weighted by molar-refractivity contribution is 5.98. The number of nitrogens with one attached hydrogen (secondary N) is 3. The molecule has 0 aliphatic carbocycles. The fraction of sp³-hybridized carbons (Fsp3) is 0.385. The van der Waals surface area contributed by atoms with Crippen LogP contribution in [0.3, 0.4) is 0 Å². The fourth-order valence-electron chi connectivity index (χ4n) is 3.79. The van der Waals surface area contributed by atoms with Crippen LogP contribution >= 0.6 is 0 Å². The van der Waals surface area contributed by atoms with Crippen molar-refractivity contribution in [3.05, 3.63) is 54.1 Å². The summed E-state index contributed by atoms with van der Waals surface area (Å²) in [7, 11) is 1.34. The van der Waals surface area contributed by atoms with Crippen molar-refractivity contribution in [2.24, 2.45) is 0 Å². The Morgan fingerprint density at radius 1 is 1.00 bits per heavy atom. The lowest BCUT2D eigenvalue weighted by atomic mass is 10.1. The number of amides is 2. The highest BCUT2D eigenvalue weighted by Crippen LogP contribution is 2.22. The van der Waals surface area contributed by atoms with E-state index in [1.165, 1.54) is 18.9 Å². The number of hydrogen-bond donors (Lipinski definition) is 3. The number of para-hydroxylation sites is 3. The molecule has 1 aromatic heterocycles. The summed E-state index contributed by atoms with van der Waals surface area (Å²) in [6, 6.07) is 15.2. The Hall–Kier alpha value is -3.88. The fourth-order valence-corrected chi connectivity index (χ4v) is 3.79. The maximum atomic E-state index is 12.5. The van der Waals surface area contributed by atoms with Crippen LogP contribution in [0.25, 0.3) is 11.0 Å². The summed E-state index contributed by atoms with van der Waals surface area (Å²) in [5, 5.41) is 6.19. The van der Waals surface area contributed by atoms with Gasteiger partial charge in [0.15, 0.2) is 0 Å². The zero-order valence-corrected chi connectivity index (χ0v) is 20.3. The molecule has 3 aromatic rings. The van der Waals surface area contributed by atoms with Crippen LogP contribution in [0.5, 0.6) is 0 Å². The summed E-state index contributed by atoms with van der Waals surface area (Å²) in [5.41, 5.74) is 3.39. The molecule has 0 saturated carbocycles. The van der Waals surface area contributed by atoms with Gasteiger partial charge in [0.2, 0.25) is 17.8 Å². The average Bonchev–Trinajstić information content (AvgIpc) is 3.28. The summed E-state index contributed by atoms with van der Waals surface area (Å²) in [4.78, 5) is 45.5. The van der Waals surface area contributed by atoms with Crippen LogP contribution < -0.4 is 15.5 Å². The monoisotopic (exact) mass is 479 g/mol. The van der Waals surface area contributed by atoms with E-state index < -0.39 is 0 Å². The smallest absolute Gasteiger partial charge is 0.305 e. The van der Waals surface area contributed by atoms with E-state index in [9.17, 15) is 14.4 Å². The Labute approximate surface area is 205 Å². The third-order valence-electron chi connectivity index (χ3n) is 5.65. The van der Waals surface area contributed by atoms with Crippen LogP contribution in [0.15, 0.2) is 48.5 Å². The quantitative estimate of drug-likeness (QED) is 0.256. The van der Waals surface area contributed by atoms with E-state index in [0.717, 1.165) is 48.4 Å². The Balaban J connectivity index is 1.39. The van der Waals surface area contributed by atoms with Gasteiger partial charge in [-0.15, -0.1) is 0 Å². The largest absolute Gasteiger partial charge is 0.469 e. The molecule has 1 heterocycles. The first-order chi connectivity index (χ1) is 17.0. The number of esters is 1. The Morgan fingerprint density at radius 2 is 1.74 bits per heavy atom. The molecule has 0 fully saturated rings. The number of anilines is 2. The average molecular weight is 480 g/mol. The maximum absolute atomic E-state index is 12.5. The zero-order valence-electron chi connectivity index (χ0n) is 20.3. The number of carbonyl (C=O) groups excluding carboxylic acids is 3. The number of aryl methyl sites for hydroxylation is 1. The van der Waals surface area contributed by atoms with E-state index in [1.807, 2.05) is 42.5 Å². The first-order valence-electron chi connectivity index (χ1n) is 11.9. The molecule has 2 aromatic carbocycles. The number of fused-ring (bicyclic) bond motifs is 1. The lowest BCUT2D eigenvalue weighted by molar-refractivity contribution is -0.140. The molecular weight excluding hydrogens is 446 g/mol. The highest BCUT2D eigenvalue weighted by atomic mass is 16.5. The number of carbonyl (C=O) groups is 3. The minimum atomic E-state index is -0.320. The zero-order chi connectivity index (χ0) is 25.0. The number of unbranched alkanes of at least 4 members (excludes halogenated alkanes) is 2. The molecule has 0 aliphatic heterocycles. The topological polar surface area (TPSA) is 116 Å². The van der Waals surface area contributed by atoms with Crippen LogP contribution in [0.1, 0.15) is 38.2 Å². The summed E-state index contributed by atoms with van der Waals surface area (Å²) in [6.45, 7) is 2.69. The van der Waals surface area contributed by atoms with Crippen LogP contribution in [0, 0.1) is 0 Å².